The molecule has 1 aromatic rings. The van der Waals surface area contributed by atoms with Gasteiger partial charge in [-0.2, -0.15) is 0 Å². The molecule has 3 nitrogen and oxygen atoms in total. The summed E-state index contributed by atoms with van der Waals surface area (Å²) in [5, 5.41) is 10.8. The summed E-state index contributed by atoms with van der Waals surface area (Å²) < 4.78 is 3.78. The predicted molar refractivity (Wildman–Crippen MR) is 31.5 cm³/mol. The Morgan fingerprint density at radius 2 is 2.75 bits per heavy atom. The van der Waals surface area contributed by atoms with Crippen molar-refractivity contribution in [3.63, 3.8) is 0 Å². The van der Waals surface area contributed by atoms with E-state index in [2.05, 4.69) is 9.53 Å². The lowest BCUT2D eigenvalue weighted by molar-refractivity contribution is 0.322. The first-order valence-corrected chi connectivity index (χ1v) is 2.79. The van der Waals surface area contributed by atoms with Crippen molar-refractivity contribution in [2.45, 2.75) is 0 Å². The molecule has 0 aromatic carbocycles. The van der Waals surface area contributed by atoms with E-state index in [-0.39, 0.29) is 0 Å². The van der Waals surface area contributed by atoms with Crippen LogP contribution in [0.15, 0.2) is 17.4 Å². The van der Waals surface area contributed by atoms with Crippen molar-refractivity contribution in [2.75, 3.05) is 0 Å². The molecule has 1 N–H and O–H groups in total. The van der Waals surface area contributed by atoms with Gasteiger partial charge in [0.2, 0.25) is 0 Å². The van der Waals surface area contributed by atoms with Crippen molar-refractivity contribution in [3.05, 3.63) is 17.1 Å². The van der Waals surface area contributed by atoms with Gasteiger partial charge < -0.3 is 5.21 Å². The molecule has 0 radical (unpaired) electrons. The maximum Gasteiger partial charge on any atom is 0.0849 e. The molecule has 1 aromatic heterocycles. The van der Waals surface area contributed by atoms with Gasteiger partial charge in [0, 0.05) is 6.20 Å². The summed E-state index contributed by atoms with van der Waals surface area (Å²) in [7, 11) is 0. The third kappa shape index (κ3) is 1.04. The van der Waals surface area contributed by atoms with E-state index in [0.717, 1.165) is 4.88 Å². The molecule has 0 amide bonds. The molecule has 0 saturated carbocycles. The largest absolute Gasteiger partial charge is 0.411 e. The topological polar surface area (TPSA) is 45.5 Å². The van der Waals surface area contributed by atoms with Crippen LogP contribution in [0.25, 0.3) is 0 Å². The highest BCUT2D eigenvalue weighted by Gasteiger charge is 1.84. The lowest BCUT2D eigenvalue weighted by atomic mass is 10.5. The number of oxime groups is 1. The van der Waals surface area contributed by atoms with Gasteiger partial charge in [0.25, 0.3) is 0 Å². The number of rotatable bonds is 1. The zero-order valence-electron chi connectivity index (χ0n) is 3.98. The summed E-state index contributed by atoms with van der Waals surface area (Å²) in [6.07, 6.45) is 3.00. The van der Waals surface area contributed by atoms with E-state index in [4.69, 9.17) is 5.21 Å². The van der Waals surface area contributed by atoms with Crippen molar-refractivity contribution >= 4 is 17.7 Å². The number of aromatic nitrogens is 1. The lowest BCUT2D eigenvalue weighted by Gasteiger charge is -1.71. The second-order valence-electron chi connectivity index (χ2n) is 1.16. The van der Waals surface area contributed by atoms with E-state index in [9.17, 15) is 0 Å². The second-order valence-corrected chi connectivity index (χ2v) is 2.02. The lowest BCUT2D eigenvalue weighted by Crippen LogP contribution is -1.67. The summed E-state index contributed by atoms with van der Waals surface area (Å²) in [5.41, 5.74) is 0. The van der Waals surface area contributed by atoms with Gasteiger partial charge >= 0.3 is 0 Å². The van der Waals surface area contributed by atoms with Gasteiger partial charge in [-0.3, -0.25) is 0 Å². The molecular formula is C4H4N2OS. The average molecular weight is 128 g/mol. The maximum atomic E-state index is 7.99. The molecule has 0 aliphatic rings. The minimum Gasteiger partial charge on any atom is -0.411 e. The molecule has 0 aliphatic heterocycles. The quantitative estimate of drug-likeness (QED) is 0.347. The van der Waals surface area contributed by atoms with Crippen molar-refractivity contribution < 1.29 is 5.21 Å². The average Bonchev–Trinajstić information content (AvgIpc) is 2.19. The van der Waals surface area contributed by atoms with Crippen molar-refractivity contribution in [1.29, 1.82) is 0 Å². The van der Waals surface area contributed by atoms with Crippen LogP contribution in [0.2, 0.25) is 0 Å². The Labute approximate surface area is 50.4 Å². The Morgan fingerprint density at radius 1 is 1.88 bits per heavy atom. The number of hydrogen-bond acceptors (Lipinski definition) is 4. The van der Waals surface area contributed by atoms with Crippen LogP contribution < -0.4 is 0 Å². The van der Waals surface area contributed by atoms with Crippen molar-refractivity contribution in [2.24, 2.45) is 5.16 Å². The van der Waals surface area contributed by atoms with Gasteiger partial charge in [0.05, 0.1) is 11.1 Å². The zero-order valence-corrected chi connectivity index (χ0v) is 4.80. The first-order valence-electron chi connectivity index (χ1n) is 2.01. The normalized spacial score (nSPS) is 10.5. The first-order chi connectivity index (χ1) is 3.93. The summed E-state index contributed by atoms with van der Waals surface area (Å²) in [6, 6.07) is 1.77. The van der Waals surface area contributed by atoms with Gasteiger partial charge in [0.1, 0.15) is 0 Å². The highest BCUT2D eigenvalue weighted by molar-refractivity contribution is 7.07. The molecule has 0 bridgehead atoms. The fourth-order valence-electron chi connectivity index (χ4n) is 0.349. The summed E-state index contributed by atoms with van der Waals surface area (Å²) in [6.45, 7) is 0. The van der Waals surface area contributed by atoms with Crippen LogP contribution >= 0.6 is 11.5 Å². The molecule has 1 rings (SSSR count). The standard InChI is InChI=1S/C4H4N2OS/c7-5-3-4-1-2-6-8-4/h1-3,7H/b5-3+. The van der Waals surface area contributed by atoms with E-state index in [1.54, 1.807) is 12.3 Å². The van der Waals surface area contributed by atoms with E-state index in [1.165, 1.54) is 17.7 Å². The maximum absolute atomic E-state index is 7.99. The Kier molecular flexibility index (Phi) is 1.58. The van der Waals surface area contributed by atoms with Gasteiger partial charge in [0.15, 0.2) is 0 Å². The molecule has 0 spiro atoms. The molecule has 42 valence electrons. The van der Waals surface area contributed by atoms with Gasteiger partial charge in [-0.05, 0) is 17.6 Å². The van der Waals surface area contributed by atoms with E-state index in [1.807, 2.05) is 0 Å². The molecule has 0 unspecified atom stereocenters. The molecule has 1 heterocycles. The van der Waals surface area contributed by atoms with Crippen LogP contribution in [0, 0.1) is 0 Å². The summed E-state index contributed by atoms with van der Waals surface area (Å²) >= 11 is 1.29. The van der Waals surface area contributed by atoms with Crippen LogP contribution in [-0.4, -0.2) is 15.8 Å². The second kappa shape index (κ2) is 2.42. The third-order valence-electron chi connectivity index (χ3n) is 0.643. The SMILES string of the molecule is O/N=C/c1ccns1. The molecule has 0 aliphatic carbocycles. The fraction of sp³-hybridized carbons (Fsp3) is 0. The van der Waals surface area contributed by atoms with E-state index < -0.39 is 0 Å². The van der Waals surface area contributed by atoms with Crippen LogP contribution in [0.3, 0.4) is 0 Å². The first kappa shape index (κ1) is 5.24. The van der Waals surface area contributed by atoms with E-state index >= 15 is 0 Å². The molecule has 0 atom stereocenters. The van der Waals surface area contributed by atoms with Crippen LogP contribution in [-0.2, 0) is 0 Å². The van der Waals surface area contributed by atoms with Gasteiger partial charge in [-0.1, -0.05) is 5.16 Å². The smallest absolute Gasteiger partial charge is 0.0849 e. The summed E-state index contributed by atoms with van der Waals surface area (Å²) in [4.78, 5) is 0.854. The van der Waals surface area contributed by atoms with Crippen molar-refractivity contribution in [1.82, 2.24) is 4.37 Å². The monoisotopic (exact) mass is 128 g/mol. The Morgan fingerprint density at radius 3 is 3.25 bits per heavy atom. The summed E-state index contributed by atoms with van der Waals surface area (Å²) in [5.74, 6) is 0. The van der Waals surface area contributed by atoms with Crippen LogP contribution in [0.5, 0.6) is 0 Å². The van der Waals surface area contributed by atoms with E-state index in [0.29, 0.717) is 0 Å². The zero-order chi connectivity index (χ0) is 5.82. The van der Waals surface area contributed by atoms with Crippen LogP contribution in [0.1, 0.15) is 4.88 Å². The number of nitrogens with zero attached hydrogens (tertiary/aromatic N) is 2. The molecule has 4 heteroatoms. The third-order valence-corrected chi connectivity index (χ3v) is 1.32. The minimum absolute atomic E-state index is 0.854. The Bertz CT molecular complexity index is 170. The Balaban J connectivity index is 2.77. The fourth-order valence-corrected chi connectivity index (χ4v) is 0.809. The minimum atomic E-state index is 0.854. The molecule has 0 saturated heterocycles. The highest BCUT2D eigenvalue weighted by atomic mass is 32.1. The number of hydrogen-bond donors (Lipinski definition) is 1. The van der Waals surface area contributed by atoms with Crippen molar-refractivity contribution in [3.8, 4) is 0 Å². The van der Waals surface area contributed by atoms with Crippen LogP contribution in [0.4, 0.5) is 0 Å². The predicted octanol–water partition coefficient (Wildman–Crippen LogP) is 0.951. The molecule has 0 fully saturated rings. The molecular weight excluding hydrogens is 124 g/mol. The molecule has 8 heavy (non-hydrogen) atoms. The van der Waals surface area contributed by atoms with Gasteiger partial charge in [-0.25, -0.2) is 4.37 Å². The highest BCUT2D eigenvalue weighted by Crippen LogP contribution is 1.98. The van der Waals surface area contributed by atoms with Gasteiger partial charge in [-0.15, -0.1) is 0 Å². The Hall–Kier alpha value is -0.900.